The second-order valence-electron chi connectivity index (χ2n) is 4.96. The average molecular weight is 246 g/mol. The van der Waals surface area contributed by atoms with Crippen LogP contribution in [0.1, 0.15) is 19.8 Å². The Bertz CT molecular complexity index is 511. The largest absolute Gasteiger partial charge is 0.386 e. The molecule has 0 unspecified atom stereocenters. The van der Waals surface area contributed by atoms with E-state index in [2.05, 4.69) is 17.1 Å². The monoisotopic (exact) mass is 246 g/mol. The summed E-state index contributed by atoms with van der Waals surface area (Å²) in [6, 6.07) is 4.44. The number of nitrogens with zero attached hydrogens (tertiary/aromatic N) is 3. The van der Waals surface area contributed by atoms with Gasteiger partial charge >= 0.3 is 0 Å². The van der Waals surface area contributed by atoms with Crippen molar-refractivity contribution in [1.82, 2.24) is 0 Å². The number of nitrogens with two attached hydrogens (primary N) is 1. The van der Waals surface area contributed by atoms with E-state index in [0.29, 0.717) is 13.2 Å². The minimum atomic E-state index is -1.35. The lowest BCUT2D eigenvalue weighted by molar-refractivity contribution is -0.186. The number of aliphatic imine (C=N–C) groups is 1. The Morgan fingerprint density at radius 3 is 2.56 bits per heavy atom. The number of amidine groups is 1. The Morgan fingerprint density at radius 2 is 2.06 bits per heavy atom. The van der Waals surface area contributed by atoms with Crippen LogP contribution in [0.15, 0.2) is 4.99 Å². The molecule has 94 valence electrons. The second-order valence-corrected chi connectivity index (χ2v) is 4.96. The van der Waals surface area contributed by atoms with Crippen LogP contribution in [0.25, 0.3) is 0 Å². The van der Waals surface area contributed by atoms with E-state index in [4.69, 9.17) is 15.2 Å². The summed E-state index contributed by atoms with van der Waals surface area (Å²) in [5, 5.41) is 19.1. The molecule has 2 heterocycles. The molecule has 1 aliphatic carbocycles. The molecule has 1 saturated carbocycles. The summed E-state index contributed by atoms with van der Waals surface area (Å²) in [4.78, 5) is 4.17. The van der Waals surface area contributed by atoms with E-state index in [0.717, 1.165) is 12.8 Å². The Kier molecular flexibility index (Phi) is 2.05. The Labute approximate surface area is 105 Å². The number of hydrogen-bond donors (Lipinski definition) is 1. The van der Waals surface area contributed by atoms with Crippen LogP contribution in [-0.4, -0.2) is 25.0 Å². The molecule has 1 saturated heterocycles. The van der Waals surface area contributed by atoms with E-state index in [1.54, 1.807) is 0 Å². The van der Waals surface area contributed by atoms with Crippen LogP contribution in [0.3, 0.4) is 0 Å². The van der Waals surface area contributed by atoms with E-state index in [-0.39, 0.29) is 11.8 Å². The van der Waals surface area contributed by atoms with Crippen molar-refractivity contribution in [3.63, 3.8) is 0 Å². The van der Waals surface area contributed by atoms with Crippen molar-refractivity contribution in [2.45, 2.75) is 25.7 Å². The zero-order chi connectivity index (χ0) is 13.0. The van der Waals surface area contributed by atoms with Gasteiger partial charge in [0.15, 0.2) is 5.41 Å². The van der Waals surface area contributed by atoms with Gasteiger partial charge in [0.25, 0.3) is 5.91 Å². The molecule has 2 fully saturated rings. The SMILES string of the molecule is CCC[C@H]1[C@]2(C#N)C(N)=NC3(OCCO3)[C@]12C#N. The van der Waals surface area contributed by atoms with Crippen molar-refractivity contribution < 1.29 is 9.47 Å². The quantitative estimate of drug-likeness (QED) is 0.764. The van der Waals surface area contributed by atoms with Crippen LogP contribution in [0, 0.1) is 39.4 Å². The fourth-order valence-electron chi connectivity index (χ4n) is 3.61. The number of ether oxygens (including phenoxy) is 2. The highest BCUT2D eigenvalue weighted by molar-refractivity contribution is 5.98. The first-order chi connectivity index (χ1) is 8.65. The summed E-state index contributed by atoms with van der Waals surface area (Å²) in [6.45, 7) is 2.77. The first-order valence-electron chi connectivity index (χ1n) is 6.11. The number of fused-ring (bicyclic) bond motifs is 2. The van der Waals surface area contributed by atoms with Gasteiger partial charge in [-0.15, -0.1) is 0 Å². The highest BCUT2D eigenvalue weighted by atomic mass is 16.8. The minimum Gasteiger partial charge on any atom is -0.386 e. The first kappa shape index (κ1) is 11.5. The summed E-state index contributed by atoms with van der Waals surface area (Å²) >= 11 is 0. The van der Waals surface area contributed by atoms with Gasteiger partial charge in [0, 0.05) is 5.92 Å². The third kappa shape index (κ3) is 0.838. The van der Waals surface area contributed by atoms with E-state index >= 15 is 0 Å². The summed E-state index contributed by atoms with van der Waals surface area (Å²) < 4.78 is 11.1. The van der Waals surface area contributed by atoms with E-state index in [1.807, 2.05) is 6.92 Å². The molecule has 0 aromatic heterocycles. The van der Waals surface area contributed by atoms with Crippen molar-refractivity contribution in [3.8, 4) is 12.1 Å². The standard InChI is InChI=1S/C12H14N4O2/c1-2-3-8-10(6-13)9(15)16-12(11(8,10)7-14)17-4-5-18-12/h8H,2-5H2,1H3,(H2,15,16)/t8-,10+,11+/m0/s1. The van der Waals surface area contributed by atoms with Gasteiger partial charge in [0.05, 0.1) is 25.4 Å². The molecule has 6 heteroatoms. The molecule has 1 spiro atoms. The van der Waals surface area contributed by atoms with Crippen LogP contribution in [0.5, 0.6) is 0 Å². The highest BCUT2D eigenvalue weighted by Gasteiger charge is 2.93. The molecule has 18 heavy (non-hydrogen) atoms. The lowest BCUT2D eigenvalue weighted by atomic mass is 9.94. The molecule has 0 amide bonds. The lowest BCUT2D eigenvalue weighted by Gasteiger charge is -2.25. The highest BCUT2D eigenvalue weighted by Crippen LogP contribution is 2.79. The van der Waals surface area contributed by atoms with E-state index in [9.17, 15) is 10.5 Å². The smallest absolute Gasteiger partial charge is 0.293 e. The summed E-state index contributed by atoms with van der Waals surface area (Å²) in [6.07, 6.45) is 1.62. The molecule has 2 aliphatic heterocycles. The van der Waals surface area contributed by atoms with Gasteiger partial charge in [-0.1, -0.05) is 13.3 Å². The predicted octanol–water partition coefficient (Wildman–Crippen LogP) is 0.508. The molecular formula is C12H14N4O2. The molecule has 0 bridgehead atoms. The van der Waals surface area contributed by atoms with Gasteiger partial charge in [0.1, 0.15) is 11.3 Å². The lowest BCUT2D eigenvalue weighted by Crippen LogP contribution is -2.39. The van der Waals surface area contributed by atoms with E-state index in [1.165, 1.54) is 0 Å². The van der Waals surface area contributed by atoms with Crippen LogP contribution in [0.2, 0.25) is 0 Å². The topological polar surface area (TPSA) is 104 Å². The molecule has 0 aromatic rings. The van der Waals surface area contributed by atoms with Crippen LogP contribution in [-0.2, 0) is 9.47 Å². The zero-order valence-electron chi connectivity index (χ0n) is 10.1. The third-order valence-electron chi connectivity index (χ3n) is 4.36. The maximum Gasteiger partial charge on any atom is 0.293 e. The Hall–Kier alpha value is -1.63. The fourth-order valence-corrected chi connectivity index (χ4v) is 3.61. The number of rotatable bonds is 2. The number of nitriles is 2. The summed E-state index contributed by atoms with van der Waals surface area (Å²) in [5.41, 5.74) is 3.83. The van der Waals surface area contributed by atoms with Gasteiger partial charge in [-0.3, -0.25) is 0 Å². The van der Waals surface area contributed by atoms with Gasteiger partial charge in [-0.05, 0) is 6.42 Å². The molecule has 3 rings (SSSR count). The molecule has 0 radical (unpaired) electrons. The molecule has 6 nitrogen and oxygen atoms in total. The van der Waals surface area contributed by atoms with Gasteiger partial charge in [0.2, 0.25) is 0 Å². The first-order valence-corrected chi connectivity index (χ1v) is 6.11. The number of hydrogen-bond acceptors (Lipinski definition) is 6. The van der Waals surface area contributed by atoms with Gasteiger partial charge < -0.3 is 15.2 Å². The minimum absolute atomic E-state index is 0.152. The zero-order valence-corrected chi connectivity index (χ0v) is 10.1. The Balaban J connectivity index is 2.14. The molecule has 2 N–H and O–H groups in total. The molecule has 0 aromatic carbocycles. The molecule has 3 atom stereocenters. The third-order valence-corrected chi connectivity index (χ3v) is 4.36. The Morgan fingerprint density at radius 1 is 1.39 bits per heavy atom. The van der Waals surface area contributed by atoms with Crippen molar-refractivity contribution in [3.05, 3.63) is 0 Å². The van der Waals surface area contributed by atoms with Crippen LogP contribution >= 0.6 is 0 Å². The van der Waals surface area contributed by atoms with Gasteiger partial charge in [-0.2, -0.15) is 10.5 Å². The van der Waals surface area contributed by atoms with E-state index < -0.39 is 16.7 Å². The van der Waals surface area contributed by atoms with Crippen molar-refractivity contribution in [2.75, 3.05) is 13.2 Å². The van der Waals surface area contributed by atoms with Crippen molar-refractivity contribution in [1.29, 1.82) is 10.5 Å². The average Bonchev–Trinajstić information content (AvgIpc) is 2.65. The maximum atomic E-state index is 9.61. The summed E-state index contributed by atoms with van der Waals surface area (Å²) in [7, 11) is 0. The van der Waals surface area contributed by atoms with Crippen molar-refractivity contribution in [2.24, 2.45) is 27.5 Å². The summed E-state index contributed by atoms with van der Waals surface area (Å²) in [5.74, 6) is -1.31. The van der Waals surface area contributed by atoms with Crippen LogP contribution in [0.4, 0.5) is 0 Å². The fraction of sp³-hybridized carbons (Fsp3) is 0.750. The molecule has 3 aliphatic rings. The van der Waals surface area contributed by atoms with Crippen LogP contribution < -0.4 is 5.73 Å². The van der Waals surface area contributed by atoms with Gasteiger partial charge in [-0.25, -0.2) is 4.99 Å². The normalized spacial score (nSPS) is 43.1. The maximum absolute atomic E-state index is 9.61. The second kappa shape index (κ2) is 3.23. The predicted molar refractivity (Wildman–Crippen MR) is 60.7 cm³/mol. The van der Waals surface area contributed by atoms with Crippen molar-refractivity contribution >= 4 is 5.84 Å². The molecular weight excluding hydrogens is 232 g/mol.